The molecule has 0 N–H and O–H groups in total. The number of sulfonamides is 1. The van der Waals surface area contributed by atoms with Crippen molar-refractivity contribution < 1.29 is 13.2 Å². The fourth-order valence-electron chi connectivity index (χ4n) is 1.74. The molecule has 0 unspecified atom stereocenters. The minimum Gasteiger partial charge on any atom is -0.496 e. The van der Waals surface area contributed by atoms with E-state index in [0.29, 0.717) is 11.4 Å². The molecule has 0 aliphatic rings. The smallest absolute Gasteiger partial charge is 0.264 e. The van der Waals surface area contributed by atoms with E-state index in [2.05, 4.69) is 22.6 Å². The van der Waals surface area contributed by atoms with Crippen molar-refractivity contribution in [3.8, 4) is 5.75 Å². The van der Waals surface area contributed by atoms with Crippen LogP contribution in [0.4, 0.5) is 5.69 Å². The van der Waals surface area contributed by atoms with Crippen LogP contribution in [-0.4, -0.2) is 22.6 Å². The number of benzene rings is 2. The Labute approximate surface area is 132 Å². The third-order valence-electron chi connectivity index (χ3n) is 2.90. The monoisotopic (exact) mass is 403 g/mol. The lowest BCUT2D eigenvalue weighted by Crippen LogP contribution is -2.26. The Morgan fingerprint density at radius 1 is 1.10 bits per heavy atom. The highest BCUT2D eigenvalue weighted by molar-refractivity contribution is 14.1. The van der Waals surface area contributed by atoms with Crippen molar-refractivity contribution in [2.24, 2.45) is 0 Å². The van der Waals surface area contributed by atoms with Crippen LogP contribution >= 0.6 is 22.6 Å². The van der Waals surface area contributed by atoms with E-state index in [4.69, 9.17) is 4.74 Å². The molecular weight excluding hydrogens is 389 g/mol. The zero-order valence-corrected chi connectivity index (χ0v) is 14.1. The number of halogens is 1. The van der Waals surface area contributed by atoms with Gasteiger partial charge in [-0.2, -0.15) is 0 Å². The number of methoxy groups -OCH3 is 1. The van der Waals surface area contributed by atoms with Gasteiger partial charge in [-0.3, -0.25) is 4.31 Å². The zero-order chi connectivity index (χ0) is 14.8. The van der Waals surface area contributed by atoms with E-state index < -0.39 is 10.0 Å². The van der Waals surface area contributed by atoms with Gasteiger partial charge in [-0.15, -0.1) is 0 Å². The molecule has 0 heterocycles. The van der Waals surface area contributed by atoms with Gasteiger partial charge >= 0.3 is 0 Å². The summed E-state index contributed by atoms with van der Waals surface area (Å²) in [6.07, 6.45) is 0. The predicted octanol–water partition coefficient (Wildman–Crippen LogP) is 3.12. The third kappa shape index (κ3) is 2.90. The van der Waals surface area contributed by atoms with Crippen molar-refractivity contribution in [3.05, 3.63) is 52.1 Å². The highest BCUT2D eigenvalue weighted by atomic mass is 127. The lowest BCUT2D eigenvalue weighted by Gasteiger charge is -2.19. The number of hydrogen-bond donors (Lipinski definition) is 0. The molecule has 0 saturated heterocycles. The molecule has 0 saturated carbocycles. The van der Waals surface area contributed by atoms with Crippen LogP contribution in [0.1, 0.15) is 0 Å². The molecule has 0 amide bonds. The van der Waals surface area contributed by atoms with E-state index in [9.17, 15) is 8.42 Å². The summed E-state index contributed by atoms with van der Waals surface area (Å²) in [6, 6.07) is 13.8. The molecule has 0 atom stereocenters. The minimum atomic E-state index is -3.57. The fourth-order valence-corrected chi connectivity index (χ4v) is 3.91. The molecule has 2 rings (SSSR count). The van der Waals surface area contributed by atoms with Gasteiger partial charge in [0.15, 0.2) is 0 Å². The second kappa shape index (κ2) is 6.01. The highest BCUT2D eigenvalue weighted by Crippen LogP contribution is 2.27. The second-order valence-corrected chi connectivity index (χ2v) is 7.24. The SMILES string of the molecule is COc1ccc(S(=O)(=O)N(C)c2ccccc2)cc1I. The first-order valence-electron chi connectivity index (χ1n) is 5.84. The topological polar surface area (TPSA) is 46.6 Å². The molecule has 2 aromatic carbocycles. The Morgan fingerprint density at radius 3 is 2.30 bits per heavy atom. The lowest BCUT2D eigenvalue weighted by atomic mass is 10.3. The van der Waals surface area contributed by atoms with Crippen molar-refractivity contribution in [2.45, 2.75) is 4.90 Å². The summed E-state index contributed by atoms with van der Waals surface area (Å²) in [5.74, 6) is 0.659. The second-order valence-electron chi connectivity index (χ2n) is 4.10. The van der Waals surface area contributed by atoms with Crippen LogP contribution in [-0.2, 0) is 10.0 Å². The van der Waals surface area contributed by atoms with Gasteiger partial charge in [-0.25, -0.2) is 8.42 Å². The van der Waals surface area contributed by atoms with Crippen LogP contribution in [0.2, 0.25) is 0 Å². The number of para-hydroxylation sites is 1. The molecule has 0 spiro atoms. The Bertz CT molecular complexity index is 702. The Hall–Kier alpha value is -1.28. The number of rotatable bonds is 4. The summed E-state index contributed by atoms with van der Waals surface area (Å²) in [4.78, 5) is 0.244. The molecule has 2 aromatic rings. The normalized spacial score (nSPS) is 11.2. The van der Waals surface area contributed by atoms with Gasteiger partial charge in [0.2, 0.25) is 0 Å². The van der Waals surface area contributed by atoms with Crippen molar-refractivity contribution >= 4 is 38.3 Å². The van der Waals surface area contributed by atoms with Gasteiger partial charge in [0.1, 0.15) is 5.75 Å². The van der Waals surface area contributed by atoms with E-state index in [1.54, 1.807) is 56.6 Å². The van der Waals surface area contributed by atoms with Gasteiger partial charge in [-0.05, 0) is 52.9 Å². The number of ether oxygens (including phenoxy) is 1. The summed E-state index contributed by atoms with van der Waals surface area (Å²) >= 11 is 2.06. The van der Waals surface area contributed by atoms with E-state index in [0.717, 1.165) is 3.57 Å². The van der Waals surface area contributed by atoms with E-state index in [-0.39, 0.29) is 4.90 Å². The van der Waals surface area contributed by atoms with Gasteiger partial charge in [-0.1, -0.05) is 18.2 Å². The summed E-state index contributed by atoms with van der Waals surface area (Å²) in [5, 5.41) is 0. The Kier molecular flexibility index (Phi) is 4.54. The van der Waals surface area contributed by atoms with Crippen molar-refractivity contribution in [3.63, 3.8) is 0 Å². The van der Waals surface area contributed by atoms with Crippen molar-refractivity contribution in [2.75, 3.05) is 18.5 Å². The number of anilines is 1. The van der Waals surface area contributed by atoms with Crippen molar-refractivity contribution in [1.29, 1.82) is 0 Å². The molecule has 6 heteroatoms. The fraction of sp³-hybridized carbons (Fsp3) is 0.143. The van der Waals surface area contributed by atoms with Gasteiger partial charge in [0.05, 0.1) is 21.3 Å². The molecule has 0 radical (unpaired) electrons. The summed E-state index contributed by atoms with van der Waals surface area (Å²) in [5.41, 5.74) is 0.623. The lowest BCUT2D eigenvalue weighted by molar-refractivity contribution is 0.411. The zero-order valence-electron chi connectivity index (χ0n) is 11.1. The van der Waals surface area contributed by atoms with Crippen LogP contribution in [0.3, 0.4) is 0 Å². The minimum absolute atomic E-state index is 0.244. The predicted molar refractivity (Wildman–Crippen MR) is 87.7 cm³/mol. The Balaban J connectivity index is 2.43. The van der Waals surface area contributed by atoms with Gasteiger partial charge < -0.3 is 4.74 Å². The summed E-state index contributed by atoms with van der Waals surface area (Å²) < 4.78 is 32.3. The molecule has 0 aliphatic heterocycles. The molecular formula is C14H14INO3S. The standard InChI is InChI=1S/C14H14INO3S/c1-16(11-6-4-3-5-7-11)20(17,18)12-8-9-14(19-2)13(15)10-12/h3-10H,1-2H3. The van der Waals surface area contributed by atoms with Crippen molar-refractivity contribution in [1.82, 2.24) is 0 Å². The van der Waals surface area contributed by atoms with E-state index in [1.807, 2.05) is 6.07 Å². The average molecular weight is 403 g/mol. The third-order valence-corrected chi connectivity index (χ3v) is 5.53. The molecule has 0 aliphatic carbocycles. The maximum absolute atomic E-state index is 12.6. The van der Waals surface area contributed by atoms with E-state index >= 15 is 0 Å². The summed E-state index contributed by atoms with van der Waals surface area (Å²) in [7, 11) is -0.466. The van der Waals surface area contributed by atoms with Crippen LogP contribution in [0.5, 0.6) is 5.75 Å². The van der Waals surface area contributed by atoms with E-state index in [1.165, 1.54) is 4.31 Å². The average Bonchev–Trinajstić information content (AvgIpc) is 2.47. The first-order valence-corrected chi connectivity index (χ1v) is 8.36. The highest BCUT2D eigenvalue weighted by Gasteiger charge is 2.22. The molecule has 0 aromatic heterocycles. The number of hydrogen-bond acceptors (Lipinski definition) is 3. The first kappa shape index (κ1) is 15.1. The van der Waals surface area contributed by atoms with Gasteiger partial charge in [0, 0.05) is 7.05 Å². The molecule has 4 nitrogen and oxygen atoms in total. The summed E-state index contributed by atoms with van der Waals surface area (Å²) in [6.45, 7) is 0. The Morgan fingerprint density at radius 2 is 1.75 bits per heavy atom. The van der Waals surface area contributed by atoms with Crippen LogP contribution < -0.4 is 9.04 Å². The molecule has 20 heavy (non-hydrogen) atoms. The van der Waals surface area contributed by atoms with Crippen LogP contribution in [0.15, 0.2) is 53.4 Å². The van der Waals surface area contributed by atoms with Gasteiger partial charge in [0.25, 0.3) is 10.0 Å². The maximum atomic E-state index is 12.6. The molecule has 0 fully saturated rings. The number of nitrogens with zero attached hydrogens (tertiary/aromatic N) is 1. The first-order chi connectivity index (χ1) is 9.46. The molecule has 106 valence electrons. The van der Waals surface area contributed by atoms with Crippen LogP contribution in [0, 0.1) is 3.57 Å². The quantitative estimate of drug-likeness (QED) is 0.738. The molecule has 0 bridgehead atoms. The maximum Gasteiger partial charge on any atom is 0.264 e. The largest absolute Gasteiger partial charge is 0.496 e. The van der Waals surface area contributed by atoms with Crippen LogP contribution in [0.25, 0.3) is 0 Å².